The van der Waals surface area contributed by atoms with Crippen molar-refractivity contribution in [3.05, 3.63) is 66.4 Å². The molecule has 2 aromatic carbocycles. The highest BCUT2D eigenvalue weighted by atomic mass is 32.2. The molecule has 0 saturated heterocycles. The molecule has 3 aromatic rings. The molecule has 0 spiro atoms. The molecule has 1 amide bonds. The second-order valence-corrected chi connectivity index (χ2v) is 8.90. The number of anilines is 1. The molecule has 2 N–H and O–H groups in total. The minimum absolute atomic E-state index is 0.0924. The fourth-order valence-electron chi connectivity index (χ4n) is 2.70. The maximum Gasteiger partial charge on any atom is 0.256 e. The van der Waals surface area contributed by atoms with Gasteiger partial charge in [-0.05, 0) is 51.1 Å². The van der Waals surface area contributed by atoms with E-state index in [1.807, 2.05) is 24.3 Å². The van der Waals surface area contributed by atoms with E-state index in [1.165, 1.54) is 12.1 Å². The predicted octanol–water partition coefficient (Wildman–Crippen LogP) is 3.56. The first-order valence-electron chi connectivity index (χ1n) is 8.45. The molecule has 0 aliphatic carbocycles. The van der Waals surface area contributed by atoms with Crippen LogP contribution in [0.15, 0.2) is 65.7 Å². The summed E-state index contributed by atoms with van der Waals surface area (Å²) in [4.78, 5) is 17.1. The van der Waals surface area contributed by atoms with Gasteiger partial charge in [-0.25, -0.2) is 13.1 Å². The maximum absolute atomic E-state index is 12.7. The maximum atomic E-state index is 12.7. The lowest BCUT2D eigenvalue weighted by Crippen LogP contribution is -2.40. The van der Waals surface area contributed by atoms with E-state index in [4.69, 9.17) is 0 Å². The number of carbonyl (C=O) groups is 1. The fraction of sp³-hybridized carbons (Fsp3) is 0.200. The second kappa shape index (κ2) is 7.09. The summed E-state index contributed by atoms with van der Waals surface area (Å²) in [5, 5.41) is 3.50. The van der Waals surface area contributed by atoms with Crippen LogP contribution in [0.4, 0.5) is 5.69 Å². The number of para-hydroxylation sites is 1. The van der Waals surface area contributed by atoms with Crippen LogP contribution in [0, 0.1) is 0 Å². The molecule has 0 atom stereocenters. The Kier molecular flexibility index (Phi) is 4.99. The van der Waals surface area contributed by atoms with Crippen molar-refractivity contribution in [1.82, 2.24) is 9.71 Å². The molecule has 0 saturated carbocycles. The third-order valence-electron chi connectivity index (χ3n) is 3.74. The third-order valence-corrected chi connectivity index (χ3v) is 5.49. The molecule has 0 fully saturated rings. The summed E-state index contributed by atoms with van der Waals surface area (Å²) in [6, 6.07) is 15.2. The Hall–Kier alpha value is -2.77. The first-order valence-corrected chi connectivity index (χ1v) is 9.93. The van der Waals surface area contributed by atoms with Gasteiger partial charge in [0.05, 0.1) is 16.0 Å². The van der Waals surface area contributed by atoms with E-state index in [2.05, 4.69) is 15.0 Å². The Morgan fingerprint density at radius 3 is 2.48 bits per heavy atom. The van der Waals surface area contributed by atoms with Crippen LogP contribution in [0.3, 0.4) is 0 Å². The van der Waals surface area contributed by atoms with Gasteiger partial charge in [0.1, 0.15) is 0 Å². The zero-order valence-corrected chi connectivity index (χ0v) is 16.2. The van der Waals surface area contributed by atoms with E-state index in [0.717, 1.165) is 10.9 Å². The number of sulfonamides is 1. The van der Waals surface area contributed by atoms with Crippen LogP contribution < -0.4 is 10.0 Å². The molecule has 27 heavy (non-hydrogen) atoms. The first kappa shape index (κ1) is 19.0. The summed E-state index contributed by atoms with van der Waals surface area (Å²) < 4.78 is 27.6. The van der Waals surface area contributed by atoms with Gasteiger partial charge in [-0.2, -0.15) is 0 Å². The van der Waals surface area contributed by atoms with Gasteiger partial charge in [-0.3, -0.25) is 9.78 Å². The van der Waals surface area contributed by atoms with Gasteiger partial charge in [0.15, 0.2) is 0 Å². The SMILES string of the molecule is CC(C)(C)NS(=O)(=O)c1cccc(NC(=O)c2ccnc3ccccc23)c1. The lowest BCUT2D eigenvalue weighted by Gasteiger charge is -2.20. The zero-order valence-electron chi connectivity index (χ0n) is 15.4. The lowest BCUT2D eigenvalue weighted by atomic mass is 10.1. The van der Waals surface area contributed by atoms with Crippen molar-refractivity contribution in [2.45, 2.75) is 31.2 Å². The molecule has 140 valence electrons. The molecule has 1 heterocycles. The number of amides is 1. The van der Waals surface area contributed by atoms with Crippen LogP contribution in [0.2, 0.25) is 0 Å². The quantitative estimate of drug-likeness (QED) is 0.721. The number of carbonyl (C=O) groups excluding carboxylic acids is 1. The van der Waals surface area contributed by atoms with Gasteiger partial charge in [-0.1, -0.05) is 24.3 Å². The smallest absolute Gasteiger partial charge is 0.256 e. The Morgan fingerprint density at radius 2 is 1.74 bits per heavy atom. The summed E-state index contributed by atoms with van der Waals surface area (Å²) in [5.74, 6) is -0.327. The molecule has 3 rings (SSSR count). The zero-order chi connectivity index (χ0) is 19.7. The predicted molar refractivity (Wildman–Crippen MR) is 106 cm³/mol. The summed E-state index contributed by atoms with van der Waals surface area (Å²) in [6.07, 6.45) is 1.57. The minimum Gasteiger partial charge on any atom is -0.322 e. The summed E-state index contributed by atoms with van der Waals surface area (Å²) >= 11 is 0. The molecular weight excluding hydrogens is 362 g/mol. The van der Waals surface area contributed by atoms with Crippen molar-refractivity contribution in [2.75, 3.05) is 5.32 Å². The van der Waals surface area contributed by atoms with Crippen LogP contribution in [0.25, 0.3) is 10.9 Å². The van der Waals surface area contributed by atoms with Crippen molar-refractivity contribution in [3.63, 3.8) is 0 Å². The lowest BCUT2D eigenvalue weighted by molar-refractivity contribution is 0.102. The van der Waals surface area contributed by atoms with Crippen LogP contribution in [0.1, 0.15) is 31.1 Å². The summed E-state index contributed by atoms with van der Waals surface area (Å²) in [5.41, 5.74) is 0.990. The average Bonchev–Trinajstić information content (AvgIpc) is 2.59. The summed E-state index contributed by atoms with van der Waals surface area (Å²) in [7, 11) is -3.69. The second-order valence-electron chi connectivity index (χ2n) is 7.21. The van der Waals surface area contributed by atoms with E-state index in [9.17, 15) is 13.2 Å². The topological polar surface area (TPSA) is 88.2 Å². The number of aromatic nitrogens is 1. The number of rotatable bonds is 4. The Bertz CT molecular complexity index is 1100. The van der Waals surface area contributed by atoms with E-state index in [0.29, 0.717) is 11.3 Å². The van der Waals surface area contributed by atoms with Crippen molar-refractivity contribution in [1.29, 1.82) is 0 Å². The Balaban J connectivity index is 1.89. The fourth-order valence-corrected chi connectivity index (χ4v) is 4.16. The standard InChI is InChI=1S/C20H21N3O3S/c1-20(2,3)23-27(25,26)15-8-6-7-14(13-15)22-19(24)17-11-12-21-18-10-5-4-9-16(17)18/h4-13,23H,1-3H3,(H,22,24). The number of benzene rings is 2. The van der Waals surface area contributed by atoms with Crippen molar-refractivity contribution < 1.29 is 13.2 Å². The van der Waals surface area contributed by atoms with Crippen LogP contribution in [0.5, 0.6) is 0 Å². The van der Waals surface area contributed by atoms with Crippen molar-refractivity contribution >= 4 is 32.5 Å². The molecule has 1 aromatic heterocycles. The average molecular weight is 383 g/mol. The first-order chi connectivity index (χ1) is 12.7. The molecule has 0 bridgehead atoms. The normalized spacial score (nSPS) is 12.1. The van der Waals surface area contributed by atoms with E-state index in [-0.39, 0.29) is 10.8 Å². The third kappa shape index (κ3) is 4.50. The van der Waals surface area contributed by atoms with Gasteiger partial charge in [0.25, 0.3) is 5.91 Å². The van der Waals surface area contributed by atoms with E-state index >= 15 is 0 Å². The molecule has 7 heteroatoms. The van der Waals surface area contributed by atoms with Gasteiger partial charge >= 0.3 is 0 Å². The number of fused-ring (bicyclic) bond motifs is 1. The molecule has 0 unspecified atom stereocenters. The van der Waals surface area contributed by atoms with Crippen LogP contribution in [-0.4, -0.2) is 24.8 Å². The van der Waals surface area contributed by atoms with Crippen LogP contribution in [-0.2, 0) is 10.0 Å². The number of hydrogen-bond donors (Lipinski definition) is 2. The highest BCUT2D eigenvalue weighted by molar-refractivity contribution is 7.89. The highest BCUT2D eigenvalue weighted by Gasteiger charge is 2.22. The van der Waals surface area contributed by atoms with E-state index < -0.39 is 15.6 Å². The molecule has 0 aliphatic rings. The molecule has 0 aliphatic heterocycles. The highest BCUT2D eigenvalue weighted by Crippen LogP contribution is 2.20. The summed E-state index contributed by atoms with van der Waals surface area (Å²) in [6.45, 7) is 5.31. The van der Waals surface area contributed by atoms with Gasteiger partial charge < -0.3 is 5.32 Å². The van der Waals surface area contributed by atoms with Gasteiger partial charge in [-0.15, -0.1) is 0 Å². The molecule has 0 radical (unpaired) electrons. The number of pyridine rings is 1. The van der Waals surface area contributed by atoms with Crippen molar-refractivity contribution in [2.24, 2.45) is 0 Å². The Morgan fingerprint density at radius 1 is 1.00 bits per heavy atom. The number of nitrogens with one attached hydrogen (secondary N) is 2. The monoisotopic (exact) mass is 383 g/mol. The minimum atomic E-state index is -3.69. The number of nitrogens with zero attached hydrogens (tertiary/aromatic N) is 1. The van der Waals surface area contributed by atoms with Gasteiger partial charge in [0, 0.05) is 22.8 Å². The van der Waals surface area contributed by atoms with Gasteiger partial charge in [0.2, 0.25) is 10.0 Å². The van der Waals surface area contributed by atoms with E-state index in [1.54, 1.807) is 45.2 Å². The van der Waals surface area contributed by atoms with Crippen molar-refractivity contribution in [3.8, 4) is 0 Å². The largest absolute Gasteiger partial charge is 0.322 e. The molecule has 6 nitrogen and oxygen atoms in total. The Labute approximate surface area is 158 Å². The molecular formula is C20H21N3O3S. The number of hydrogen-bond acceptors (Lipinski definition) is 4. The van der Waals surface area contributed by atoms with Crippen LogP contribution >= 0.6 is 0 Å².